The van der Waals surface area contributed by atoms with Crippen LogP contribution in [0.3, 0.4) is 0 Å². The van der Waals surface area contributed by atoms with Gasteiger partial charge in [0, 0.05) is 18.3 Å². The van der Waals surface area contributed by atoms with Crippen molar-refractivity contribution in [2.45, 2.75) is 6.54 Å². The number of carbonyl (C=O) groups excluding carboxylic acids is 1. The molecular weight excluding hydrogens is 278 g/mol. The molecule has 3 N–H and O–H groups in total. The molecule has 0 aliphatic heterocycles. The molecule has 0 heterocycles. The fourth-order valence-electron chi connectivity index (χ4n) is 1.74. The van der Waals surface area contributed by atoms with Gasteiger partial charge in [0.25, 0.3) is 5.91 Å². The van der Waals surface area contributed by atoms with Gasteiger partial charge in [-0.25, -0.2) is 8.78 Å². The summed E-state index contributed by atoms with van der Waals surface area (Å²) in [6.07, 6.45) is 0. The number of nitrogens with two attached hydrogens (primary N) is 1. The van der Waals surface area contributed by atoms with Crippen LogP contribution in [0.4, 0.5) is 14.5 Å². The molecular formula is C15H14F2N2O2. The van der Waals surface area contributed by atoms with Crippen LogP contribution in [0, 0.1) is 11.6 Å². The largest absolute Gasteiger partial charge is 0.484 e. The number of carbonyl (C=O) groups is 1. The fraction of sp³-hybridized carbons (Fsp3) is 0.133. The first-order valence-corrected chi connectivity index (χ1v) is 6.23. The van der Waals surface area contributed by atoms with E-state index in [0.29, 0.717) is 11.3 Å². The smallest absolute Gasteiger partial charge is 0.255 e. The maximum Gasteiger partial charge on any atom is 0.255 e. The molecule has 110 valence electrons. The lowest BCUT2D eigenvalue weighted by atomic mass is 10.2. The van der Waals surface area contributed by atoms with E-state index < -0.39 is 17.5 Å². The summed E-state index contributed by atoms with van der Waals surface area (Å²) < 4.78 is 31.2. The van der Waals surface area contributed by atoms with Gasteiger partial charge in [-0.15, -0.1) is 0 Å². The van der Waals surface area contributed by atoms with E-state index >= 15 is 0 Å². The molecule has 1 amide bonds. The number of benzene rings is 2. The van der Waals surface area contributed by atoms with Crippen molar-refractivity contribution < 1.29 is 18.3 Å². The Hall–Kier alpha value is -2.63. The first-order chi connectivity index (χ1) is 10.0. The molecule has 6 heteroatoms. The van der Waals surface area contributed by atoms with Crippen LogP contribution < -0.4 is 15.8 Å². The molecule has 0 radical (unpaired) electrons. The molecule has 2 aromatic carbocycles. The minimum absolute atomic E-state index is 0.185. The number of hydrogen-bond acceptors (Lipinski definition) is 3. The van der Waals surface area contributed by atoms with Gasteiger partial charge < -0.3 is 15.8 Å². The summed E-state index contributed by atoms with van der Waals surface area (Å²) in [5.41, 5.74) is 6.23. The van der Waals surface area contributed by atoms with E-state index in [1.54, 1.807) is 24.3 Å². The molecule has 0 aromatic heterocycles. The normalized spacial score (nSPS) is 10.2. The van der Waals surface area contributed by atoms with Gasteiger partial charge in [-0.1, -0.05) is 0 Å². The van der Waals surface area contributed by atoms with Crippen LogP contribution in [0.2, 0.25) is 0 Å². The molecule has 0 fully saturated rings. The number of hydrogen-bond donors (Lipinski definition) is 2. The van der Waals surface area contributed by atoms with Crippen molar-refractivity contribution in [2.75, 3.05) is 11.9 Å². The lowest BCUT2D eigenvalue weighted by Gasteiger charge is -2.08. The molecule has 2 aromatic rings. The molecule has 0 saturated carbocycles. The topological polar surface area (TPSA) is 64.4 Å². The third-order valence-corrected chi connectivity index (χ3v) is 2.65. The summed E-state index contributed by atoms with van der Waals surface area (Å²) in [5.74, 6) is -1.26. The Morgan fingerprint density at radius 2 is 1.71 bits per heavy atom. The number of amides is 1. The zero-order chi connectivity index (χ0) is 15.2. The molecule has 4 nitrogen and oxygen atoms in total. The average Bonchev–Trinajstić information content (AvgIpc) is 2.43. The second kappa shape index (κ2) is 6.69. The zero-order valence-corrected chi connectivity index (χ0v) is 11.1. The minimum Gasteiger partial charge on any atom is -0.484 e. The standard InChI is InChI=1S/C15H14F2N2O2/c16-11-5-10(6-12(17)7-11)8-19-13-1-3-14(4-2-13)21-9-15(18)20/h1-7,19H,8-9H2,(H2,18,20). The lowest BCUT2D eigenvalue weighted by molar-refractivity contribution is -0.119. The van der Waals surface area contributed by atoms with Crippen molar-refractivity contribution in [3.63, 3.8) is 0 Å². The summed E-state index contributed by atoms with van der Waals surface area (Å²) in [5, 5.41) is 3.03. The summed E-state index contributed by atoms with van der Waals surface area (Å²) >= 11 is 0. The van der Waals surface area contributed by atoms with Gasteiger partial charge in [-0.05, 0) is 42.0 Å². The van der Waals surface area contributed by atoms with E-state index in [4.69, 9.17) is 10.5 Å². The second-order valence-electron chi connectivity index (χ2n) is 4.41. The average molecular weight is 292 g/mol. The third-order valence-electron chi connectivity index (χ3n) is 2.65. The Morgan fingerprint density at radius 3 is 2.29 bits per heavy atom. The van der Waals surface area contributed by atoms with Crippen molar-refractivity contribution in [1.82, 2.24) is 0 Å². The fourth-order valence-corrected chi connectivity index (χ4v) is 1.74. The molecule has 21 heavy (non-hydrogen) atoms. The van der Waals surface area contributed by atoms with Crippen molar-refractivity contribution in [2.24, 2.45) is 5.73 Å². The molecule has 0 bridgehead atoms. The van der Waals surface area contributed by atoms with E-state index in [0.717, 1.165) is 11.8 Å². The minimum atomic E-state index is -0.609. The first-order valence-electron chi connectivity index (χ1n) is 6.23. The van der Waals surface area contributed by atoms with Crippen LogP contribution >= 0.6 is 0 Å². The van der Waals surface area contributed by atoms with Gasteiger partial charge in [0.1, 0.15) is 17.4 Å². The van der Waals surface area contributed by atoms with E-state index in [1.807, 2.05) is 0 Å². The Kier molecular flexibility index (Phi) is 4.71. The predicted molar refractivity (Wildman–Crippen MR) is 74.8 cm³/mol. The Balaban J connectivity index is 1.92. The summed E-state index contributed by atoms with van der Waals surface area (Å²) in [4.78, 5) is 10.6. The van der Waals surface area contributed by atoms with E-state index in [-0.39, 0.29) is 13.2 Å². The molecule has 0 aliphatic rings. The molecule has 0 unspecified atom stereocenters. The molecule has 0 spiro atoms. The molecule has 0 atom stereocenters. The van der Waals surface area contributed by atoms with Crippen molar-refractivity contribution in [1.29, 1.82) is 0 Å². The molecule has 0 saturated heterocycles. The summed E-state index contributed by atoms with van der Waals surface area (Å²) in [6, 6.07) is 10.1. The number of primary amides is 1. The van der Waals surface area contributed by atoms with Crippen LogP contribution in [0.5, 0.6) is 5.75 Å². The van der Waals surface area contributed by atoms with E-state index in [2.05, 4.69) is 5.32 Å². The highest BCUT2D eigenvalue weighted by Gasteiger charge is 2.01. The van der Waals surface area contributed by atoms with Crippen LogP contribution in [-0.4, -0.2) is 12.5 Å². The van der Waals surface area contributed by atoms with E-state index in [1.165, 1.54) is 12.1 Å². The summed E-state index contributed by atoms with van der Waals surface area (Å²) in [6.45, 7) is 0.103. The van der Waals surface area contributed by atoms with Gasteiger partial charge in [-0.3, -0.25) is 4.79 Å². The summed E-state index contributed by atoms with van der Waals surface area (Å²) in [7, 11) is 0. The molecule has 2 rings (SSSR count). The first kappa shape index (κ1) is 14.8. The van der Waals surface area contributed by atoms with E-state index in [9.17, 15) is 13.6 Å². The van der Waals surface area contributed by atoms with Gasteiger partial charge in [0.2, 0.25) is 0 Å². The van der Waals surface area contributed by atoms with Crippen LogP contribution in [0.1, 0.15) is 5.56 Å². The van der Waals surface area contributed by atoms with Crippen LogP contribution in [0.15, 0.2) is 42.5 Å². The monoisotopic (exact) mass is 292 g/mol. The van der Waals surface area contributed by atoms with Gasteiger partial charge >= 0.3 is 0 Å². The Labute approximate surface area is 120 Å². The van der Waals surface area contributed by atoms with Gasteiger partial charge in [0.05, 0.1) is 0 Å². The van der Waals surface area contributed by atoms with Crippen LogP contribution in [0.25, 0.3) is 0 Å². The van der Waals surface area contributed by atoms with Crippen LogP contribution in [-0.2, 0) is 11.3 Å². The third kappa shape index (κ3) is 4.76. The highest BCUT2D eigenvalue weighted by atomic mass is 19.1. The van der Waals surface area contributed by atoms with Crippen molar-refractivity contribution in [3.05, 3.63) is 59.7 Å². The number of anilines is 1. The second-order valence-corrected chi connectivity index (χ2v) is 4.41. The van der Waals surface area contributed by atoms with Crippen molar-refractivity contribution in [3.8, 4) is 5.75 Å². The SMILES string of the molecule is NC(=O)COc1ccc(NCc2cc(F)cc(F)c2)cc1. The Bertz CT molecular complexity index is 610. The highest BCUT2D eigenvalue weighted by molar-refractivity contribution is 5.75. The number of rotatable bonds is 6. The lowest BCUT2D eigenvalue weighted by Crippen LogP contribution is -2.19. The maximum absolute atomic E-state index is 13.0. The predicted octanol–water partition coefficient (Wildman–Crippen LogP) is 2.44. The van der Waals surface area contributed by atoms with Gasteiger partial charge in [0.15, 0.2) is 6.61 Å². The number of halogens is 2. The highest BCUT2D eigenvalue weighted by Crippen LogP contribution is 2.17. The number of ether oxygens (including phenoxy) is 1. The Morgan fingerprint density at radius 1 is 1.10 bits per heavy atom. The maximum atomic E-state index is 13.0. The zero-order valence-electron chi connectivity index (χ0n) is 11.1. The quantitative estimate of drug-likeness (QED) is 0.859. The number of nitrogens with one attached hydrogen (secondary N) is 1. The van der Waals surface area contributed by atoms with Gasteiger partial charge in [-0.2, -0.15) is 0 Å². The molecule has 0 aliphatic carbocycles. The van der Waals surface area contributed by atoms with Crippen molar-refractivity contribution >= 4 is 11.6 Å².